The first-order valence-electron chi connectivity index (χ1n) is 8.24. The first-order chi connectivity index (χ1) is 12.0. The van der Waals surface area contributed by atoms with Crippen molar-refractivity contribution in [2.75, 3.05) is 6.54 Å². The highest BCUT2D eigenvalue weighted by Gasteiger charge is 2.20. The molecular formula is C20H23NO4. The molecule has 0 bridgehead atoms. The number of hydrogen-bond acceptors (Lipinski definition) is 3. The van der Waals surface area contributed by atoms with Gasteiger partial charge < -0.3 is 15.2 Å². The number of carboxylic acids is 1. The van der Waals surface area contributed by atoms with Gasteiger partial charge in [0.2, 0.25) is 0 Å². The molecule has 132 valence electrons. The molecule has 1 unspecified atom stereocenters. The number of carbonyl (C=O) groups excluding carboxylic acids is 1. The Kier molecular flexibility index (Phi) is 6.71. The van der Waals surface area contributed by atoms with E-state index in [1.165, 1.54) is 0 Å². The van der Waals surface area contributed by atoms with Crippen molar-refractivity contribution >= 4 is 11.9 Å². The molecule has 25 heavy (non-hydrogen) atoms. The van der Waals surface area contributed by atoms with E-state index in [0.29, 0.717) is 17.7 Å². The predicted molar refractivity (Wildman–Crippen MR) is 95.5 cm³/mol. The van der Waals surface area contributed by atoms with Crippen LogP contribution in [0.4, 0.5) is 0 Å². The summed E-state index contributed by atoms with van der Waals surface area (Å²) in [5.74, 6) is -2.03. The molecular weight excluding hydrogens is 318 g/mol. The van der Waals surface area contributed by atoms with Gasteiger partial charge >= 0.3 is 5.97 Å². The molecule has 0 spiro atoms. The Morgan fingerprint density at radius 2 is 1.68 bits per heavy atom. The molecule has 0 saturated carbocycles. The summed E-state index contributed by atoms with van der Waals surface area (Å²) in [6.45, 7) is 4.46. The molecule has 1 amide bonds. The number of rotatable bonds is 8. The van der Waals surface area contributed by atoms with Crippen LogP contribution in [0.5, 0.6) is 0 Å². The van der Waals surface area contributed by atoms with E-state index in [2.05, 4.69) is 5.32 Å². The van der Waals surface area contributed by atoms with Crippen molar-refractivity contribution in [2.24, 2.45) is 0 Å². The van der Waals surface area contributed by atoms with Crippen LogP contribution in [0.25, 0.3) is 0 Å². The van der Waals surface area contributed by atoms with Crippen molar-refractivity contribution in [3.05, 3.63) is 71.3 Å². The fourth-order valence-corrected chi connectivity index (χ4v) is 2.35. The lowest BCUT2D eigenvalue weighted by Crippen LogP contribution is -2.31. The minimum absolute atomic E-state index is 0.0381. The normalized spacial score (nSPS) is 12.0. The Bertz CT molecular complexity index is 695. The van der Waals surface area contributed by atoms with Crippen LogP contribution < -0.4 is 5.32 Å². The lowest BCUT2D eigenvalue weighted by Gasteiger charge is -2.14. The van der Waals surface area contributed by atoms with Crippen molar-refractivity contribution in [1.82, 2.24) is 5.32 Å². The van der Waals surface area contributed by atoms with E-state index in [-0.39, 0.29) is 18.6 Å². The summed E-state index contributed by atoms with van der Waals surface area (Å²) in [4.78, 5) is 23.7. The van der Waals surface area contributed by atoms with Crippen LogP contribution in [0, 0.1) is 0 Å². The van der Waals surface area contributed by atoms with Crippen LogP contribution in [0.15, 0.2) is 54.6 Å². The minimum Gasteiger partial charge on any atom is -0.481 e. The van der Waals surface area contributed by atoms with Crippen LogP contribution in [0.2, 0.25) is 0 Å². The Hall–Kier alpha value is -2.66. The van der Waals surface area contributed by atoms with Crippen LogP contribution in [0.1, 0.15) is 41.3 Å². The number of ether oxygens (including phenoxy) is 1. The number of benzene rings is 2. The summed E-state index contributed by atoms with van der Waals surface area (Å²) in [6, 6.07) is 16.0. The molecule has 5 heteroatoms. The number of carbonyl (C=O) groups is 2. The standard InChI is InChI=1S/C20H23NO4/c1-14(2)25-13-15-8-10-17(11-9-15)19(22)21-12-18(20(23)24)16-6-4-3-5-7-16/h3-11,14,18H,12-13H2,1-2H3,(H,21,22)(H,23,24). The molecule has 1 atom stereocenters. The van der Waals surface area contributed by atoms with Gasteiger partial charge in [-0.2, -0.15) is 0 Å². The maximum absolute atomic E-state index is 12.2. The van der Waals surface area contributed by atoms with Gasteiger partial charge in [-0.1, -0.05) is 42.5 Å². The second-order valence-corrected chi connectivity index (χ2v) is 6.07. The highest BCUT2D eigenvalue weighted by molar-refractivity contribution is 5.94. The molecule has 0 aromatic heterocycles. The van der Waals surface area contributed by atoms with Crippen molar-refractivity contribution in [3.8, 4) is 0 Å². The first kappa shape index (κ1) is 18.7. The van der Waals surface area contributed by atoms with Gasteiger partial charge in [-0.05, 0) is 37.1 Å². The fraction of sp³-hybridized carbons (Fsp3) is 0.300. The number of amides is 1. The Morgan fingerprint density at radius 3 is 2.24 bits per heavy atom. The average Bonchev–Trinajstić information content (AvgIpc) is 2.61. The van der Waals surface area contributed by atoms with Crippen molar-refractivity contribution < 1.29 is 19.4 Å². The molecule has 0 heterocycles. The van der Waals surface area contributed by atoms with Gasteiger partial charge in [-0.15, -0.1) is 0 Å². The highest BCUT2D eigenvalue weighted by atomic mass is 16.5. The largest absolute Gasteiger partial charge is 0.481 e. The topological polar surface area (TPSA) is 75.6 Å². The summed E-state index contributed by atoms with van der Waals surface area (Å²) in [5.41, 5.74) is 2.14. The molecule has 0 aliphatic carbocycles. The molecule has 0 radical (unpaired) electrons. The molecule has 0 aliphatic heterocycles. The van der Waals surface area contributed by atoms with Gasteiger partial charge in [0.15, 0.2) is 0 Å². The van der Waals surface area contributed by atoms with Crippen molar-refractivity contribution in [2.45, 2.75) is 32.5 Å². The molecule has 2 aromatic rings. The zero-order chi connectivity index (χ0) is 18.2. The summed E-state index contributed by atoms with van der Waals surface area (Å²) in [5, 5.41) is 12.1. The van der Waals surface area contributed by atoms with E-state index >= 15 is 0 Å². The van der Waals surface area contributed by atoms with E-state index in [9.17, 15) is 14.7 Å². The van der Waals surface area contributed by atoms with Crippen LogP contribution >= 0.6 is 0 Å². The highest BCUT2D eigenvalue weighted by Crippen LogP contribution is 2.15. The molecule has 2 aromatic carbocycles. The third kappa shape index (κ3) is 5.72. The van der Waals surface area contributed by atoms with E-state index in [1.807, 2.05) is 32.0 Å². The Balaban J connectivity index is 1.95. The van der Waals surface area contributed by atoms with E-state index < -0.39 is 11.9 Å². The van der Waals surface area contributed by atoms with Crippen LogP contribution in [-0.4, -0.2) is 29.6 Å². The smallest absolute Gasteiger partial charge is 0.312 e. The van der Waals surface area contributed by atoms with Gasteiger partial charge in [0.05, 0.1) is 18.6 Å². The van der Waals surface area contributed by atoms with E-state index in [0.717, 1.165) is 5.56 Å². The van der Waals surface area contributed by atoms with Crippen LogP contribution in [-0.2, 0) is 16.1 Å². The van der Waals surface area contributed by atoms with Gasteiger partial charge in [0.1, 0.15) is 0 Å². The lowest BCUT2D eigenvalue weighted by atomic mass is 9.99. The number of aliphatic carboxylic acids is 1. The van der Waals surface area contributed by atoms with Gasteiger partial charge in [0, 0.05) is 12.1 Å². The second-order valence-electron chi connectivity index (χ2n) is 6.07. The van der Waals surface area contributed by atoms with Gasteiger partial charge in [-0.3, -0.25) is 9.59 Å². The van der Waals surface area contributed by atoms with Crippen molar-refractivity contribution in [1.29, 1.82) is 0 Å². The third-order valence-corrected chi connectivity index (χ3v) is 3.77. The molecule has 0 fully saturated rings. The van der Waals surface area contributed by atoms with Crippen molar-refractivity contribution in [3.63, 3.8) is 0 Å². The maximum Gasteiger partial charge on any atom is 0.312 e. The monoisotopic (exact) mass is 341 g/mol. The molecule has 0 saturated heterocycles. The zero-order valence-corrected chi connectivity index (χ0v) is 14.4. The average molecular weight is 341 g/mol. The Morgan fingerprint density at radius 1 is 1.04 bits per heavy atom. The minimum atomic E-state index is -0.965. The zero-order valence-electron chi connectivity index (χ0n) is 14.4. The van der Waals surface area contributed by atoms with Gasteiger partial charge in [-0.25, -0.2) is 0 Å². The quantitative estimate of drug-likeness (QED) is 0.773. The van der Waals surface area contributed by atoms with E-state index in [4.69, 9.17) is 4.74 Å². The SMILES string of the molecule is CC(C)OCc1ccc(C(=O)NCC(C(=O)O)c2ccccc2)cc1. The first-order valence-corrected chi connectivity index (χ1v) is 8.24. The third-order valence-electron chi connectivity index (χ3n) is 3.77. The molecule has 0 aliphatic rings. The number of nitrogens with one attached hydrogen (secondary N) is 1. The summed E-state index contributed by atoms with van der Waals surface area (Å²) in [7, 11) is 0. The summed E-state index contributed by atoms with van der Waals surface area (Å²) < 4.78 is 5.52. The second kappa shape index (κ2) is 8.99. The van der Waals surface area contributed by atoms with Gasteiger partial charge in [0.25, 0.3) is 5.91 Å². The van der Waals surface area contributed by atoms with E-state index in [1.54, 1.807) is 36.4 Å². The fourth-order valence-electron chi connectivity index (χ4n) is 2.35. The number of carboxylic acid groups (broad SMARTS) is 1. The molecule has 2 rings (SSSR count). The molecule has 5 nitrogen and oxygen atoms in total. The summed E-state index contributed by atoms with van der Waals surface area (Å²) >= 11 is 0. The predicted octanol–water partition coefficient (Wildman–Crippen LogP) is 3.21. The lowest BCUT2D eigenvalue weighted by molar-refractivity contribution is -0.138. The Labute approximate surface area is 147 Å². The number of hydrogen-bond donors (Lipinski definition) is 2. The van der Waals surface area contributed by atoms with Crippen LogP contribution in [0.3, 0.4) is 0 Å². The maximum atomic E-state index is 12.2. The summed E-state index contributed by atoms with van der Waals surface area (Å²) in [6.07, 6.45) is 0.147. The molecule has 2 N–H and O–H groups in total.